The highest BCUT2D eigenvalue weighted by molar-refractivity contribution is 5.38. The van der Waals surface area contributed by atoms with Gasteiger partial charge >= 0.3 is 0 Å². The second-order valence-corrected chi connectivity index (χ2v) is 5.62. The summed E-state index contributed by atoms with van der Waals surface area (Å²) in [7, 11) is 0. The van der Waals surface area contributed by atoms with E-state index in [2.05, 4.69) is 11.8 Å². The molecule has 2 aliphatic heterocycles. The number of aliphatic hydroxyl groups excluding tert-OH is 1. The molecule has 0 amide bonds. The number of nitrogens with zero attached hydrogens (tertiary/aromatic N) is 1. The van der Waals surface area contributed by atoms with E-state index < -0.39 is 6.10 Å². The lowest BCUT2D eigenvalue weighted by Gasteiger charge is -2.45. The molecule has 0 bridgehead atoms. The standard InChI is InChI=1S/C15H20FNO2/c1-2-17-7-5-15(6-8-17)10-13(18)12-9-11(16)3-4-14(12)19-15/h3-4,9,13,18H,2,5-8,10H2,1H3/t13-/m0/s1. The van der Waals surface area contributed by atoms with E-state index in [1.54, 1.807) is 6.07 Å². The van der Waals surface area contributed by atoms with Gasteiger partial charge in [-0.1, -0.05) is 6.92 Å². The fourth-order valence-corrected chi connectivity index (χ4v) is 3.19. The van der Waals surface area contributed by atoms with Crippen LogP contribution in [-0.4, -0.2) is 35.2 Å². The monoisotopic (exact) mass is 265 g/mol. The average Bonchev–Trinajstić information content (AvgIpc) is 2.41. The van der Waals surface area contributed by atoms with E-state index in [9.17, 15) is 9.50 Å². The number of hydrogen-bond donors (Lipinski definition) is 1. The first-order valence-corrected chi connectivity index (χ1v) is 7.01. The Labute approximate surface area is 113 Å². The van der Waals surface area contributed by atoms with Crippen molar-refractivity contribution >= 4 is 0 Å². The molecule has 1 N–H and O–H groups in total. The Bertz CT molecular complexity index is 469. The molecular formula is C15H20FNO2. The minimum absolute atomic E-state index is 0.268. The molecule has 104 valence electrons. The van der Waals surface area contributed by atoms with Gasteiger partial charge in [0, 0.05) is 25.1 Å². The van der Waals surface area contributed by atoms with Crippen molar-refractivity contribution in [3.05, 3.63) is 29.6 Å². The number of fused-ring (bicyclic) bond motifs is 1. The second kappa shape index (κ2) is 4.76. The number of hydrogen-bond acceptors (Lipinski definition) is 3. The van der Waals surface area contributed by atoms with Gasteiger partial charge in [-0.3, -0.25) is 0 Å². The maximum Gasteiger partial charge on any atom is 0.126 e. The van der Waals surface area contributed by atoms with E-state index in [1.807, 2.05) is 0 Å². The zero-order valence-corrected chi connectivity index (χ0v) is 11.2. The average molecular weight is 265 g/mol. The van der Waals surface area contributed by atoms with Crippen LogP contribution in [0.3, 0.4) is 0 Å². The van der Waals surface area contributed by atoms with Crippen molar-refractivity contribution in [2.45, 2.75) is 37.9 Å². The van der Waals surface area contributed by atoms with Crippen molar-refractivity contribution in [2.75, 3.05) is 19.6 Å². The van der Waals surface area contributed by atoms with Crippen LogP contribution in [0.5, 0.6) is 5.75 Å². The number of likely N-dealkylation sites (tertiary alicyclic amines) is 1. The van der Waals surface area contributed by atoms with Crippen molar-refractivity contribution in [1.82, 2.24) is 4.90 Å². The molecule has 0 aromatic heterocycles. The first-order chi connectivity index (χ1) is 9.12. The summed E-state index contributed by atoms with van der Waals surface area (Å²) in [5.41, 5.74) is 0.319. The van der Waals surface area contributed by atoms with Crippen LogP contribution in [-0.2, 0) is 0 Å². The van der Waals surface area contributed by atoms with Crippen molar-refractivity contribution in [3.8, 4) is 5.75 Å². The molecule has 2 heterocycles. The molecule has 3 rings (SSSR count). The minimum atomic E-state index is -0.618. The fraction of sp³-hybridized carbons (Fsp3) is 0.600. The first kappa shape index (κ1) is 12.9. The molecule has 0 aliphatic carbocycles. The molecule has 1 spiro atoms. The fourth-order valence-electron chi connectivity index (χ4n) is 3.19. The van der Waals surface area contributed by atoms with E-state index in [-0.39, 0.29) is 11.4 Å². The van der Waals surface area contributed by atoms with Gasteiger partial charge in [0.1, 0.15) is 17.2 Å². The summed E-state index contributed by atoms with van der Waals surface area (Å²) >= 11 is 0. The largest absolute Gasteiger partial charge is 0.487 e. The Morgan fingerprint density at radius 1 is 1.42 bits per heavy atom. The van der Waals surface area contributed by atoms with Crippen molar-refractivity contribution < 1.29 is 14.2 Å². The summed E-state index contributed by atoms with van der Waals surface area (Å²) < 4.78 is 19.4. The summed E-state index contributed by atoms with van der Waals surface area (Å²) in [5.74, 6) is 0.322. The van der Waals surface area contributed by atoms with E-state index in [0.29, 0.717) is 17.7 Å². The van der Waals surface area contributed by atoms with Gasteiger partial charge < -0.3 is 14.7 Å². The summed E-state index contributed by atoms with van der Waals surface area (Å²) in [6.07, 6.45) is 1.80. The Kier molecular flexibility index (Phi) is 3.23. The Morgan fingerprint density at radius 2 is 2.16 bits per heavy atom. The molecule has 1 saturated heterocycles. The first-order valence-electron chi connectivity index (χ1n) is 7.01. The molecule has 0 saturated carbocycles. The van der Waals surface area contributed by atoms with Crippen LogP contribution in [0.2, 0.25) is 0 Å². The lowest BCUT2D eigenvalue weighted by molar-refractivity contribution is -0.0532. The number of halogens is 1. The van der Waals surface area contributed by atoms with Gasteiger partial charge in [0.05, 0.1) is 6.10 Å². The zero-order valence-electron chi connectivity index (χ0n) is 11.2. The van der Waals surface area contributed by atoms with Crippen molar-refractivity contribution in [2.24, 2.45) is 0 Å². The number of ether oxygens (including phenoxy) is 1. The van der Waals surface area contributed by atoms with Crippen LogP contribution in [0.1, 0.15) is 37.9 Å². The van der Waals surface area contributed by atoms with Gasteiger partial charge in [0.2, 0.25) is 0 Å². The molecule has 3 nitrogen and oxygen atoms in total. The van der Waals surface area contributed by atoms with Gasteiger partial charge in [-0.2, -0.15) is 0 Å². The minimum Gasteiger partial charge on any atom is -0.487 e. The summed E-state index contributed by atoms with van der Waals surface area (Å²) in [6.45, 7) is 5.21. The van der Waals surface area contributed by atoms with Crippen LogP contribution in [0.15, 0.2) is 18.2 Å². The van der Waals surface area contributed by atoms with Gasteiger partial charge in [-0.25, -0.2) is 4.39 Å². The van der Waals surface area contributed by atoms with E-state index in [1.165, 1.54) is 12.1 Å². The quantitative estimate of drug-likeness (QED) is 0.847. The van der Waals surface area contributed by atoms with E-state index in [4.69, 9.17) is 4.74 Å². The van der Waals surface area contributed by atoms with Crippen LogP contribution < -0.4 is 4.74 Å². The molecule has 19 heavy (non-hydrogen) atoms. The highest BCUT2D eigenvalue weighted by Gasteiger charge is 2.42. The zero-order chi connectivity index (χ0) is 13.5. The number of rotatable bonds is 1. The van der Waals surface area contributed by atoms with Crippen molar-refractivity contribution in [3.63, 3.8) is 0 Å². The molecular weight excluding hydrogens is 245 g/mol. The third kappa shape index (κ3) is 2.35. The number of benzene rings is 1. The second-order valence-electron chi connectivity index (χ2n) is 5.62. The molecule has 1 fully saturated rings. The normalized spacial score (nSPS) is 25.9. The van der Waals surface area contributed by atoms with E-state index >= 15 is 0 Å². The van der Waals surface area contributed by atoms with Gasteiger partial charge in [-0.15, -0.1) is 0 Å². The SMILES string of the molecule is CCN1CCC2(CC1)C[C@H](O)c1cc(F)ccc1O2. The number of aliphatic hydroxyl groups is 1. The smallest absolute Gasteiger partial charge is 0.126 e. The summed E-state index contributed by atoms with van der Waals surface area (Å²) in [4.78, 5) is 2.39. The van der Waals surface area contributed by atoms with Crippen LogP contribution in [0.4, 0.5) is 4.39 Å². The maximum absolute atomic E-state index is 13.2. The number of piperidine rings is 1. The third-order valence-corrected chi connectivity index (χ3v) is 4.44. The van der Waals surface area contributed by atoms with Crippen LogP contribution >= 0.6 is 0 Å². The summed E-state index contributed by atoms with van der Waals surface area (Å²) in [6, 6.07) is 4.42. The summed E-state index contributed by atoms with van der Waals surface area (Å²) in [5, 5.41) is 10.3. The van der Waals surface area contributed by atoms with Gasteiger partial charge in [-0.05, 0) is 37.6 Å². The maximum atomic E-state index is 13.2. The van der Waals surface area contributed by atoms with Gasteiger partial charge in [0.15, 0.2) is 0 Å². The highest BCUT2D eigenvalue weighted by Crippen LogP contribution is 2.44. The highest BCUT2D eigenvalue weighted by atomic mass is 19.1. The Morgan fingerprint density at radius 3 is 2.84 bits per heavy atom. The van der Waals surface area contributed by atoms with Crippen LogP contribution in [0, 0.1) is 5.82 Å². The Hall–Kier alpha value is -1.13. The molecule has 1 aromatic rings. The third-order valence-electron chi connectivity index (χ3n) is 4.44. The lowest BCUT2D eigenvalue weighted by Crippen LogP contribution is -2.50. The van der Waals surface area contributed by atoms with E-state index in [0.717, 1.165) is 32.5 Å². The molecule has 0 radical (unpaired) electrons. The topological polar surface area (TPSA) is 32.7 Å². The predicted octanol–water partition coefficient (Wildman–Crippen LogP) is 2.50. The molecule has 0 unspecified atom stereocenters. The van der Waals surface area contributed by atoms with Crippen molar-refractivity contribution in [1.29, 1.82) is 0 Å². The molecule has 4 heteroatoms. The molecule has 1 aromatic carbocycles. The predicted molar refractivity (Wildman–Crippen MR) is 70.7 cm³/mol. The molecule has 2 aliphatic rings. The van der Waals surface area contributed by atoms with Gasteiger partial charge in [0.25, 0.3) is 0 Å². The van der Waals surface area contributed by atoms with Crippen LogP contribution in [0.25, 0.3) is 0 Å². The molecule has 1 atom stereocenters. The Balaban J connectivity index is 1.83. The lowest BCUT2D eigenvalue weighted by atomic mass is 9.81.